The lowest BCUT2D eigenvalue weighted by Gasteiger charge is -2.04. The maximum atomic E-state index is 5.30. The lowest BCUT2D eigenvalue weighted by molar-refractivity contribution is 0.143. The van der Waals surface area contributed by atoms with Crippen LogP contribution in [-0.4, -0.2) is 30.3 Å². The minimum Gasteiger partial charge on any atom is -0.475 e. The monoisotopic (exact) mass is 246 g/mol. The summed E-state index contributed by atoms with van der Waals surface area (Å²) in [5.41, 5.74) is 0. The van der Waals surface area contributed by atoms with Crippen molar-refractivity contribution >= 4 is 15.9 Å². The molecule has 0 aliphatic rings. The van der Waals surface area contributed by atoms with Gasteiger partial charge in [-0.3, -0.25) is 0 Å². The second-order valence-electron chi connectivity index (χ2n) is 2.42. The zero-order chi connectivity index (χ0) is 9.68. The van der Waals surface area contributed by atoms with Crippen molar-refractivity contribution in [2.45, 2.75) is 6.92 Å². The van der Waals surface area contributed by atoms with E-state index in [-0.39, 0.29) is 0 Å². The highest BCUT2D eigenvalue weighted by molar-refractivity contribution is 9.10. The number of halogens is 1. The number of rotatable bonds is 4. The summed E-state index contributed by atoms with van der Waals surface area (Å²) in [5.74, 6) is 1.25. The molecular weight excluding hydrogens is 236 g/mol. The Morgan fingerprint density at radius 2 is 2.15 bits per heavy atom. The quantitative estimate of drug-likeness (QED) is 0.598. The van der Waals surface area contributed by atoms with Crippen LogP contribution in [0, 0.1) is 6.92 Å². The Morgan fingerprint density at radius 1 is 1.38 bits per heavy atom. The lowest BCUT2D eigenvalue weighted by Crippen LogP contribution is -2.06. The summed E-state index contributed by atoms with van der Waals surface area (Å²) in [6, 6.07) is 1.72. The third-order valence-electron chi connectivity index (χ3n) is 1.32. The largest absolute Gasteiger partial charge is 0.475 e. The van der Waals surface area contributed by atoms with Crippen LogP contribution in [-0.2, 0) is 4.74 Å². The first-order valence-corrected chi connectivity index (χ1v) is 4.64. The Kier molecular flexibility index (Phi) is 4.11. The molecular formula is C8H11BrN2O2. The van der Waals surface area contributed by atoms with Crippen molar-refractivity contribution < 1.29 is 9.47 Å². The fourth-order valence-corrected chi connectivity index (χ4v) is 1.26. The van der Waals surface area contributed by atoms with Crippen LogP contribution in [0.4, 0.5) is 0 Å². The van der Waals surface area contributed by atoms with Crippen LogP contribution < -0.4 is 4.74 Å². The molecule has 0 aromatic carbocycles. The zero-order valence-electron chi connectivity index (χ0n) is 7.58. The minimum atomic E-state index is 0.499. The molecule has 13 heavy (non-hydrogen) atoms. The molecule has 1 rings (SSSR count). The van der Waals surface area contributed by atoms with Crippen molar-refractivity contribution in [2.24, 2.45) is 0 Å². The Balaban J connectivity index is 2.56. The van der Waals surface area contributed by atoms with Gasteiger partial charge in [0.15, 0.2) is 0 Å². The molecule has 0 saturated heterocycles. The molecule has 1 aromatic rings. The van der Waals surface area contributed by atoms with Gasteiger partial charge in [-0.1, -0.05) is 0 Å². The van der Waals surface area contributed by atoms with E-state index < -0.39 is 0 Å². The van der Waals surface area contributed by atoms with E-state index in [0.717, 1.165) is 4.60 Å². The predicted molar refractivity (Wildman–Crippen MR) is 51.8 cm³/mol. The summed E-state index contributed by atoms with van der Waals surface area (Å²) in [6.45, 7) is 2.87. The van der Waals surface area contributed by atoms with Crippen molar-refractivity contribution in [3.8, 4) is 5.88 Å². The van der Waals surface area contributed by atoms with E-state index >= 15 is 0 Å². The number of methoxy groups -OCH3 is 1. The maximum absolute atomic E-state index is 5.30. The van der Waals surface area contributed by atoms with Crippen molar-refractivity contribution in [2.75, 3.05) is 20.3 Å². The molecule has 1 aromatic heterocycles. The molecule has 0 unspecified atom stereocenters. The van der Waals surface area contributed by atoms with Crippen LogP contribution in [0.15, 0.2) is 10.7 Å². The van der Waals surface area contributed by atoms with Crippen LogP contribution in [0.1, 0.15) is 5.82 Å². The molecule has 0 atom stereocenters. The predicted octanol–water partition coefficient (Wildman–Crippen LogP) is 1.57. The molecule has 0 N–H and O–H groups in total. The third-order valence-corrected chi connectivity index (χ3v) is 1.73. The van der Waals surface area contributed by atoms with E-state index in [1.165, 1.54) is 0 Å². The van der Waals surface area contributed by atoms with E-state index in [9.17, 15) is 0 Å². The van der Waals surface area contributed by atoms with Gasteiger partial charge in [0, 0.05) is 13.2 Å². The second-order valence-corrected chi connectivity index (χ2v) is 3.23. The van der Waals surface area contributed by atoms with Gasteiger partial charge in [0.1, 0.15) is 17.0 Å². The highest BCUT2D eigenvalue weighted by Crippen LogP contribution is 2.13. The summed E-state index contributed by atoms with van der Waals surface area (Å²) in [5, 5.41) is 0. The average Bonchev–Trinajstić information content (AvgIpc) is 2.03. The van der Waals surface area contributed by atoms with Gasteiger partial charge in [-0.2, -0.15) is 4.98 Å². The first-order valence-electron chi connectivity index (χ1n) is 3.85. The fourth-order valence-electron chi connectivity index (χ4n) is 0.809. The summed E-state index contributed by atoms with van der Waals surface area (Å²) >= 11 is 3.26. The minimum absolute atomic E-state index is 0.499. The lowest BCUT2D eigenvalue weighted by atomic mass is 10.6. The van der Waals surface area contributed by atoms with Gasteiger partial charge >= 0.3 is 0 Å². The smallest absolute Gasteiger partial charge is 0.217 e. The van der Waals surface area contributed by atoms with Gasteiger partial charge in [-0.05, 0) is 22.9 Å². The number of ether oxygens (including phenoxy) is 2. The Hall–Kier alpha value is -0.680. The highest BCUT2D eigenvalue weighted by Gasteiger charge is 1.99. The second kappa shape index (κ2) is 5.14. The van der Waals surface area contributed by atoms with Crippen LogP contribution in [0.25, 0.3) is 0 Å². The van der Waals surface area contributed by atoms with E-state index in [1.54, 1.807) is 13.2 Å². The first kappa shape index (κ1) is 10.4. The van der Waals surface area contributed by atoms with E-state index in [0.29, 0.717) is 24.9 Å². The fraction of sp³-hybridized carbons (Fsp3) is 0.500. The topological polar surface area (TPSA) is 44.2 Å². The standard InChI is InChI=1S/C8H11BrN2O2/c1-6-10-7(9)5-8(11-6)13-4-3-12-2/h5H,3-4H2,1-2H3. The summed E-state index contributed by atoms with van der Waals surface area (Å²) in [6.07, 6.45) is 0. The summed E-state index contributed by atoms with van der Waals surface area (Å²) < 4.78 is 10.9. The number of nitrogens with zero attached hydrogens (tertiary/aromatic N) is 2. The van der Waals surface area contributed by atoms with Crippen molar-refractivity contribution in [1.82, 2.24) is 9.97 Å². The summed E-state index contributed by atoms with van der Waals surface area (Å²) in [7, 11) is 1.63. The normalized spacial score (nSPS) is 10.1. The molecule has 0 bridgehead atoms. The molecule has 0 aliphatic carbocycles. The van der Waals surface area contributed by atoms with E-state index in [2.05, 4.69) is 25.9 Å². The molecule has 72 valence electrons. The Morgan fingerprint density at radius 3 is 2.77 bits per heavy atom. The van der Waals surface area contributed by atoms with Crippen molar-refractivity contribution in [3.63, 3.8) is 0 Å². The SMILES string of the molecule is COCCOc1cc(Br)nc(C)n1. The third kappa shape index (κ3) is 3.69. The zero-order valence-corrected chi connectivity index (χ0v) is 9.17. The van der Waals surface area contributed by atoms with Crippen molar-refractivity contribution in [1.29, 1.82) is 0 Å². The number of hydrogen-bond acceptors (Lipinski definition) is 4. The van der Waals surface area contributed by atoms with Crippen LogP contribution in [0.3, 0.4) is 0 Å². The molecule has 5 heteroatoms. The molecule has 1 heterocycles. The molecule has 0 radical (unpaired) electrons. The van der Waals surface area contributed by atoms with Gasteiger partial charge in [0.25, 0.3) is 0 Å². The number of aryl methyl sites for hydroxylation is 1. The number of hydrogen-bond donors (Lipinski definition) is 0. The maximum Gasteiger partial charge on any atom is 0.217 e. The van der Waals surface area contributed by atoms with Gasteiger partial charge < -0.3 is 9.47 Å². The van der Waals surface area contributed by atoms with Crippen LogP contribution in [0.5, 0.6) is 5.88 Å². The van der Waals surface area contributed by atoms with Gasteiger partial charge in [-0.15, -0.1) is 0 Å². The molecule has 0 amide bonds. The van der Waals surface area contributed by atoms with Gasteiger partial charge in [-0.25, -0.2) is 4.98 Å². The molecule has 0 fully saturated rings. The highest BCUT2D eigenvalue weighted by atomic mass is 79.9. The van der Waals surface area contributed by atoms with E-state index in [4.69, 9.17) is 9.47 Å². The number of aromatic nitrogens is 2. The Labute approximate surface area is 85.4 Å². The van der Waals surface area contributed by atoms with Crippen LogP contribution >= 0.6 is 15.9 Å². The first-order chi connectivity index (χ1) is 6.22. The van der Waals surface area contributed by atoms with E-state index in [1.807, 2.05) is 6.92 Å². The van der Waals surface area contributed by atoms with Gasteiger partial charge in [0.05, 0.1) is 6.61 Å². The molecule has 0 aliphatic heterocycles. The summed E-state index contributed by atoms with van der Waals surface area (Å²) in [4.78, 5) is 8.14. The van der Waals surface area contributed by atoms with Crippen molar-refractivity contribution in [3.05, 3.63) is 16.5 Å². The molecule has 0 spiro atoms. The van der Waals surface area contributed by atoms with Crippen LogP contribution in [0.2, 0.25) is 0 Å². The Bertz CT molecular complexity index is 261. The van der Waals surface area contributed by atoms with Gasteiger partial charge in [0.2, 0.25) is 5.88 Å². The molecule has 4 nitrogen and oxygen atoms in total. The molecule has 0 saturated carbocycles. The average molecular weight is 247 g/mol.